The highest BCUT2D eigenvalue weighted by atomic mass is 16.5. The molecule has 3 aliphatic rings. The second-order valence-electron chi connectivity index (χ2n) is 5.53. The maximum Gasteiger partial charge on any atom is 0.213 e. The van der Waals surface area contributed by atoms with Gasteiger partial charge in [-0.25, -0.2) is 4.98 Å². The molecule has 17 heavy (non-hydrogen) atoms. The molecule has 0 saturated heterocycles. The number of ether oxygens (including phenoxy) is 1. The molecule has 1 atom stereocenters. The van der Waals surface area contributed by atoms with Crippen LogP contribution in [-0.4, -0.2) is 11.6 Å². The Bertz CT molecular complexity index is 417. The quantitative estimate of drug-likeness (QED) is 0.741. The molecule has 2 bridgehead atoms. The normalized spacial score (nSPS) is 30.9. The molecule has 2 heteroatoms. The van der Waals surface area contributed by atoms with E-state index in [1.54, 1.807) is 0 Å². The van der Waals surface area contributed by atoms with Gasteiger partial charge >= 0.3 is 0 Å². The third-order valence-corrected chi connectivity index (χ3v) is 4.22. The van der Waals surface area contributed by atoms with Gasteiger partial charge in [-0.3, -0.25) is 0 Å². The summed E-state index contributed by atoms with van der Waals surface area (Å²) in [4.78, 5) is 4.27. The van der Waals surface area contributed by atoms with Crippen molar-refractivity contribution in [3.63, 3.8) is 0 Å². The Hall–Kier alpha value is -1.31. The maximum absolute atomic E-state index is 5.77. The standard InChI is InChI=1S/C15H19NO/c1-10-3-4-15(16-8-10)17-9-14-7-12-5-13(6-12)11(14)2/h3-4,8,12-14H,2,5-7,9H2,1H3. The fourth-order valence-electron chi connectivity index (χ4n) is 3.02. The van der Waals surface area contributed by atoms with Crippen molar-refractivity contribution < 1.29 is 4.74 Å². The van der Waals surface area contributed by atoms with E-state index in [1.807, 2.05) is 25.3 Å². The minimum atomic E-state index is 0.551. The second-order valence-corrected chi connectivity index (χ2v) is 5.53. The summed E-state index contributed by atoms with van der Waals surface area (Å²) in [6, 6.07) is 3.98. The lowest BCUT2D eigenvalue weighted by Gasteiger charge is -2.46. The number of nitrogens with zero attached hydrogens (tertiary/aromatic N) is 1. The lowest BCUT2D eigenvalue weighted by Crippen LogP contribution is -2.38. The molecule has 0 aliphatic heterocycles. The molecule has 3 fully saturated rings. The lowest BCUT2D eigenvalue weighted by molar-refractivity contribution is 0.102. The summed E-state index contributed by atoms with van der Waals surface area (Å²) in [7, 11) is 0. The molecule has 0 radical (unpaired) electrons. The summed E-state index contributed by atoms with van der Waals surface area (Å²) in [6.45, 7) is 7.03. The Kier molecular flexibility index (Phi) is 2.65. The van der Waals surface area contributed by atoms with Crippen LogP contribution in [0.25, 0.3) is 0 Å². The first-order valence-electron chi connectivity index (χ1n) is 6.46. The van der Waals surface area contributed by atoms with Crippen molar-refractivity contribution >= 4 is 0 Å². The third kappa shape index (κ3) is 2.08. The fraction of sp³-hybridized carbons (Fsp3) is 0.533. The lowest BCUT2D eigenvalue weighted by atomic mass is 9.59. The van der Waals surface area contributed by atoms with Gasteiger partial charge in [-0.05, 0) is 43.6 Å². The first kappa shape index (κ1) is 10.8. The number of pyridine rings is 1. The van der Waals surface area contributed by atoms with Crippen LogP contribution in [0.5, 0.6) is 5.88 Å². The molecule has 0 N–H and O–H groups in total. The van der Waals surface area contributed by atoms with Gasteiger partial charge in [0.2, 0.25) is 5.88 Å². The SMILES string of the molecule is C=C1C(COc2ccc(C)cn2)CC2CC1C2. The topological polar surface area (TPSA) is 22.1 Å². The average Bonchev–Trinajstić information content (AvgIpc) is 2.28. The van der Waals surface area contributed by atoms with E-state index >= 15 is 0 Å². The monoisotopic (exact) mass is 229 g/mol. The van der Waals surface area contributed by atoms with Gasteiger partial charge in [-0.1, -0.05) is 18.2 Å². The molecule has 1 aromatic heterocycles. The van der Waals surface area contributed by atoms with Crippen LogP contribution in [0.15, 0.2) is 30.5 Å². The number of aryl methyl sites for hydroxylation is 1. The number of hydrogen-bond donors (Lipinski definition) is 0. The zero-order valence-corrected chi connectivity index (χ0v) is 10.4. The number of rotatable bonds is 3. The van der Waals surface area contributed by atoms with E-state index < -0.39 is 0 Å². The van der Waals surface area contributed by atoms with Crippen molar-refractivity contribution in [3.05, 3.63) is 36.0 Å². The Morgan fingerprint density at radius 1 is 1.35 bits per heavy atom. The van der Waals surface area contributed by atoms with Gasteiger partial charge in [0.05, 0.1) is 6.61 Å². The largest absolute Gasteiger partial charge is 0.477 e. The summed E-state index contributed by atoms with van der Waals surface area (Å²) < 4.78 is 5.77. The summed E-state index contributed by atoms with van der Waals surface area (Å²) in [5.74, 6) is 3.01. The van der Waals surface area contributed by atoms with Gasteiger partial charge < -0.3 is 4.74 Å². The zero-order chi connectivity index (χ0) is 11.8. The molecule has 1 heterocycles. The van der Waals surface area contributed by atoms with Gasteiger partial charge in [0.25, 0.3) is 0 Å². The molecule has 0 amide bonds. The molecule has 1 unspecified atom stereocenters. The fourth-order valence-corrected chi connectivity index (χ4v) is 3.02. The molecule has 0 spiro atoms. The Morgan fingerprint density at radius 2 is 2.18 bits per heavy atom. The molecular formula is C15H19NO. The molecule has 2 nitrogen and oxygen atoms in total. The van der Waals surface area contributed by atoms with Gasteiger partial charge in [0.15, 0.2) is 0 Å². The third-order valence-electron chi connectivity index (χ3n) is 4.22. The molecule has 3 saturated carbocycles. The van der Waals surface area contributed by atoms with Crippen molar-refractivity contribution in [2.24, 2.45) is 17.8 Å². The van der Waals surface area contributed by atoms with Crippen LogP contribution in [0.4, 0.5) is 0 Å². The highest BCUT2D eigenvalue weighted by Crippen LogP contribution is 2.50. The Balaban J connectivity index is 1.57. The Labute approximate surface area is 103 Å². The minimum absolute atomic E-state index is 0.551. The summed E-state index contributed by atoms with van der Waals surface area (Å²) >= 11 is 0. The van der Waals surface area contributed by atoms with E-state index in [0.29, 0.717) is 5.92 Å². The predicted molar refractivity (Wildman–Crippen MR) is 67.9 cm³/mol. The molecule has 1 aromatic rings. The highest BCUT2D eigenvalue weighted by Gasteiger charge is 2.40. The number of fused-ring (bicyclic) bond motifs is 2. The van der Waals surface area contributed by atoms with Crippen LogP contribution in [0.3, 0.4) is 0 Å². The maximum atomic E-state index is 5.77. The summed E-state index contributed by atoms with van der Waals surface area (Å²) in [5.41, 5.74) is 2.58. The van der Waals surface area contributed by atoms with Crippen LogP contribution < -0.4 is 4.74 Å². The predicted octanol–water partition coefficient (Wildman–Crippen LogP) is 3.37. The van der Waals surface area contributed by atoms with E-state index in [2.05, 4.69) is 11.6 Å². The van der Waals surface area contributed by atoms with Crippen LogP contribution in [0, 0.1) is 24.7 Å². The van der Waals surface area contributed by atoms with Crippen molar-refractivity contribution in [1.29, 1.82) is 0 Å². The summed E-state index contributed by atoms with van der Waals surface area (Å²) in [5, 5.41) is 0. The average molecular weight is 229 g/mol. The first-order chi connectivity index (χ1) is 8.22. The van der Waals surface area contributed by atoms with Gasteiger partial charge in [0, 0.05) is 18.2 Å². The van der Waals surface area contributed by atoms with Crippen LogP contribution >= 0.6 is 0 Å². The summed E-state index contributed by atoms with van der Waals surface area (Å²) in [6.07, 6.45) is 5.86. The van der Waals surface area contributed by atoms with Gasteiger partial charge in [0.1, 0.15) is 0 Å². The van der Waals surface area contributed by atoms with Crippen molar-refractivity contribution in [2.75, 3.05) is 6.61 Å². The van der Waals surface area contributed by atoms with Crippen molar-refractivity contribution in [1.82, 2.24) is 4.98 Å². The van der Waals surface area contributed by atoms with Gasteiger partial charge in [-0.15, -0.1) is 0 Å². The Morgan fingerprint density at radius 3 is 2.82 bits per heavy atom. The van der Waals surface area contributed by atoms with Crippen molar-refractivity contribution in [2.45, 2.75) is 26.2 Å². The van der Waals surface area contributed by atoms with Crippen LogP contribution in [0.1, 0.15) is 24.8 Å². The van der Waals surface area contributed by atoms with E-state index in [4.69, 9.17) is 4.74 Å². The second kappa shape index (κ2) is 4.17. The first-order valence-corrected chi connectivity index (χ1v) is 6.46. The molecule has 3 aliphatic carbocycles. The zero-order valence-electron chi connectivity index (χ0n) is 10.4. The molecule has 4 rings (SSSR count). The van der Waals surface area contributed by atoms with Gasteiger partial charge in [-0.2, -0.15) is 0 Å². The highest BCUT2D eigenvalue weighted by molar-refractivity contribution is 5.18. The van der Waals surface area contributed by atoms with Crippen molar-refractivity contribution in [3.8, 4) is 5.88 Å². The smallest absolute Gasteiger partial charge is 0.213 e. The minimum Gasteiger partial charge on any atom is -0.477 e. The number of aromatic nitrogens is 1. The number of hydrogen-bond acceptors (Lipinski definition) is 2. The molecular weight excluding hydrogens is 210 g/mol. The molecule has 90 valence electrons. The van der Waals surface area contributed by atoms with E-state index in [1.165, 1.54) is 30.4 Å². The van der Waals surface area contributed by atoms with E-state index in [0.717, 1.165) is 24.3 Å². The van der Waals surface area contributed by atoms with E-state index in [9.17, 15) is 0 Å². The van der Waals surface area contributed by atoms with Crippen LogP contribution in [-0.2, 0) is 0 Å². The van der Waals surface area contributed by atoms with Crippen LogP contribution in [0.2, 0.25) is 0 Å². The molecule has 0 aromatic carbocycles. The van der Waals surface area contributed by atoms with E-state index in [-0.39, 0.29) is 0 Å².